The molecule has 0 unspecified atom stereocenters. The molecule has 0 spiro atoms. The van der Waals surface area contributed by atoms with E-state index in [0.29, 0.717) is 23.1 Å². The molecule has 3 rings (SSSR count). The van der Waals surface area contributed by atoms with Crippen LogP contribution in [0.1, 0.15) is 36.5 Å². The maximum absolute atomic E-state index is 12.5. The Morgan fingerprint density at radius 2 is 2.04 bits per heavy atom. The molecule has 1 amide bonds. The summed E-state index contributed by atoms with van der Waals surface area (Å²) >= 11 is 1.40. The fourth-order valence-electron chi connectivity index (χ4n) is 2.42. The van der Waals surface area contributed by atoms with Crippen LogP contribution < -0.4 is 10.1 Å². The van der Waals surface area contributed by atoms with Gasteiger partial charge in [-0.2, -0.15) is 0 Å². The lowest BCUT2D eigenvalue weighted by atomic mass is 10.2. The van der Waals surface area contributed by atoms with Crippen molar-refractivity contribution in [2.24, 2.45) is 0 Å². The summed E-state index contributed by atoms with van der Waals surface area (Å²) in [5, 5.41) is 5.33. The van der Waals surface area contributed by atoms with Gasteiger partial charge in [0.25, 0.3) is 5.91 Å². The van der Waals surface area contributed by atoms with Crippen LogP contribution in [-0.4, -0.2) is 22.5 Å². The zero-order valence-corrected chi connectivity index (χ0v) is 15.5. The number of aromatic nitrogens is 2. The zero-order valence-electron chi connectivity index (χ0n) is 14.6. The molecule has 5 nitrogen and oxygen atoms in total. The largest absolute Gasteiger partial charge is 0.494 e. The lowest BCUT2D eigenvalue weighted by molar-refractivity contribution is 0.102. The van der Waals surface area contributed by atoms with Gasteiger partial charge < -0.3 is 4.74 Å². The number of carbonyl (C=O) groups excluding carboxylic acids is 1. The number of thiazole rings is 1. The van der Waals surface area contributed by atoms with Crippen LogP contribution in [0.15, 0.2) is 54.2 Å². The Morgan fingerprint density at radius 3 is 2.85 bits per heavy atom. The lowest BCUT2D eigenvalue weighted by Gasteiger charge is -2.07. The molecule has 1 N–H and O–H groups in total. The van der Waals surface area contributed by atoms with Crippen LogP contribution in [0.4, 0.5) is 5.13 Å². The Bertz CT molecular complexity index is 849. The molecule has 0 saturated carbocycles. The number of pyridine rings is 1. The van der Waals surface area contributed by atoms with E-state index in [9.17, 15) is 4.79 Å². The van der Waals surface area contributed by atoms with E-state index in [4.69, 9.17) is 4.74 Å². The first-order valence-corrected chi connectivity index (χ1v) is 9.54. The van der Waals surface area contributed by atoms with Gasteiger partial charge >= 0.3 is 0 Å². The maximum atomic E-state index is 12.5. The molecule has 1 aromatic carbocycles. The minimum absolute atomic E-state index is 0.195. The normalized spacial score (nSPS) is 10.5. The number of ether oxygens (including phenoxy) is 1. The number of hydrogen-bond donors (Lipinski definition) is 1. The minimum atomic E-state index is -0.195. The molecule has 2 heterocycles. The maximum Gasteiger partial charge on any atom is 0.257 e. The highest BCUT2D eigenvalue weighted by Gasteiger charge is 2.11. The Labute approximate surface area is 157 Å². The Morgan fingerprint density at radius 1 is 1.19 bits per heavy atom. The van der Waals surface area contributed by atoms with E-state index >= 15 is 0 Å². The summed E-state index contributed by atoms with van der Waals surface area (Å²) in [6.07, 6.45) is 6.76. The lowest BCUT2D eigenvalue weighted by Crippen LogP contribution is -2.11. The molecular formula is C20H21N3O2S. The Kier molecular flexibility index (Phi) is 6.33. The monoisotopic (exact) mass is 367 g/mol. The van der Waals surface area contributed by atoms with Crippen LogP contribution in [0.2, 0.25) is 0 Å². The molecule has 0 radical (unpaired) electrons. The van der Waals surface area contributed by atoms with E-state index in [1.165, 1.54) is 11.3 Å². The average Bonchev–Trinajstić information content (AvgIpc) is 3.15. The van der Waals surface area contributed by atoms with Gasteiger partial charge in [-0.3, -0.25) is 15.1 Å². The minimum Gasteiger partial charge on any atom is -0.494 e. The van der Waals surface area contributed by atoms with Gasteiger partial charge in [0.05, 0.1) is 12.3 Å². The van der Waals surface area contributed by atoms with Crippen LogP contribution >= 0.6 is 11.3 Å². The van der Waals surface area contributed by atoms with Crippen molar-refractivity contribution in [1.82, 2.24) is 9.97 Å². The molecule has 0 bridgehead atoms. The van der Waals surface area contributed by atoms with Crippen LogP contribution in [0.3, 0.4) is 0 Å². The van der Waals surface area contributed by atoms with Gasteiger partial charge in [0.1, 0.15) is 5.75 Å². The summed E-state index contributed by atoms with van der Waals surface area (Å²) in [5.41, 5.74) is 2.35. The van der Waals surface area contributed by atoms with Gasteiger partial charge in [-0.15, -0.1) is 11.3 Å². The third-order valence-corrected chi connectivity index (χ3v) is 4.57. The SMILES string of the molecule is CCCCCOc1cccc(C(=O)Nc2nc(-c3ccncc3)cs2)c1. The molecule has 0 saturated heterocycles. The summed E-state index contributed by atoms with van der Waals surface area (Å²) < 4.78 is 5.71. The van der Waals surface area contributed by atoms with E-state index in [1.807, 2.05) is 29.6 Å². The van der Waals surface area contributed by atoms with Gasteiger partial charge in [-0.1, -0.05) is 25.8 Å². The molecule has 0 atom stereocenters. The van der Waals surface area contributed by atoms with Crippen molar-refractivity contribution in [2.45, 2.75) is 26.2 Å². The van der Waals surface area contributed by atoms with Gasteiger partial charge in [-0.25, -0.2) is 4.98 Å². The topological polar surface area (TPSA) is 64.1 Å². The number of nitrogens with zero attached hydrogens (tertiary/aromatic N) is 2. The number of amides is 1. The summed E-state index contributed by atoms with van der Waals surface area (Å²) in [4.78, 5) is 20.9. The predicted octanol–water partition coefficient (Wildman–Crippen LogP) is 5.03. The molecule has 3 aromatic rings. The third-order valence-electron chi connectivity index (χ3n) is 3.81. The van der Waals surface area contributed by atoms with Crippen molar-refractivity contribution >= 4 is 22.4 Å². The number of nitrogens with one attached hydrogen (secondary N) is 1. The van der Waals surface area contributed by atoms with Crippen LogP contribution in [-0.2, 0) is 0 Å². The summed E-state index contributed by atoms with van der Waals surface area (Å²) in [5.74, 6) is 0.519. The van der Waals surface area contributed by atoms with Crippen molar-refractivity contribution in [3.05, 3.63) is 59.7 Å². The van der Waals surface area contributed by atoms with E-state index in [1.54, 1.807) is 24.5 Å². The summed E-state index contributed by atoms with van der Waals surface area (Å²) in [6, 6.07) is 11.0. The number of benzene rings is 1. The third kappa shape index (κ3) is 4.89. The van der Waals surface area contributed by atoms with Gasteiger partial charge in [0.15, 0.2) is 5.13 Å². The van der Waals surface area contributed by atoms with E-state index in [0.717, 1.165) is 30.5 Å². The molecule has 0 aliphatic rings. The summed E-state index contributed by atoms with van der Waals surface area (Å²) in [7, 11) is 0. The van der Waals surface area contributed by atoms with Crippen molar-refractivity contribution in [3.63, 3.8) is 0 Å². The van der Waals surface area contributed by atoms with Crippen LogP contribution in [0, 0.1) is 0 Å². The highest BCUT2D eigenvalue weighted by molar-refractivity contribution is 7.14. The first-order chi connectivity index (χ1) is 12.8. The van der Waals surface area contributed by atoms with E-state index in [-0.39, 0.29) is 5.91 Å². The average molecular weight is 367 g/mol. The standard InChI is InChI=1S/C20H21N3O2S/c1-2-3-4-12-25-17-7-5-6-16(13-17)19(24)23-20-22-18(14-26-20)15-8-10-21-11-9-15/h5-11,13-14H,2-4,12H2,1H3,(H,22,23,24). The van der Waals surface area contributed by atoms with Gasteiger partial charge in [0, 0.05) is 28.9 Å². The van der Waals surface area contributed by atoms with Crippen molar-refractivity contribution in [3.8, 4) is 17.0 Å². The van der Waals surface area contributed by atoms with Crippen molar-refractivity contribution in [1.29, 1.82) is 0 Å². The van der Waals surface area contributed by atoms with E-state index < -0.39 is 0 Å². The molecule has 0 aliphatic heterocycles. The zero-order chi connectivity index (χ0) is 18.2. The molecule has 0 fully saturated rings. The first-order valence-electron chi connectivity index (χ1n) is 8.66. The second-order valence-electron chi connectivity index (χ2n) is 5.81. The fraction of sp³-hybridized carbons (Fsp3) is 0.250. The number of unbranched alkanes of at least 4 members (excludes halogenated alkanes) is 2. The number of rotatable bonds is 8. The van der Waals surface area contributed by atoms with Crippen molar-refractivity contribution in [2.75, 3.05) is 11.9 Å². The highest BCUT2D eigenvalue weighted by Crippen LogP contribution is 2.25. The van der Waals surface area contributed by atoms with Gasteiger partial charge in [0.2, 0.25) is 0 Å². The fourth-order valence-corrected chi connectivity index (χ4v) is 3.14. The van der Waals surface area contributed by atoms with Crippen LogP contribution in [0.25, 0.3) is 11.3 Å². The van der Waals surface area contributed by atoms with E-state index in [2.05, 4.69) is 22.2 Å². The second kappa shape index (κ2) is 9.10. The van der Waals surface area contributed by atoms with Crippen molar-refractivity contribution < 1.29 is 9.53 Å². The predicted molar refractivity (Wildman–Crippen MR) is 105 cm³/mol. The molecule has 6 heteroatoms. The Balaban J connectivity index is 1.62. The number of carbonyl (C=O) groups is 1. The molecule has 134 valence electrons. The molecule has 0 aliphatic carbocycles. The second-order valence-corrected chi connectivity index (χ2v) is 6.67. The van der Waals surface area contributed by atoms with Gasteiger partial charge in [-0.05, 0) is 36.8 Å². The number of anilines is 1. The Hall–Kier alpha value is -2.73. The first kappa shape index (κ1) is 18.1. The molecule has 26 heavy (non-hydrogen) atoms. The quantitative estimate of drug-likeness (QED) is 0.567. The number of hydrogen-bond acceptors (Lipinski definition) is 5. The molecule has 2 aromatic heterocycles. The van der Waals surface area contributed by atoms with Crippen LogP contribution in [0.5, 0.6) is 5.75 Å². The molecular weight excluding hydrogens is 346 g/mol. The highest BCUT2D eigenvalue weighted by atomic mass is 32.1. The smallest absolute Gasteiger partial charge is 0.257 e. The summed E-state index contributed by atoms with van der Waals surface area (Å²) in [6.45, 7) is 2.82.